The summed E-state index contributed by atoms with van der Waals surface area (Å²) >= 11 is 6.20. The van der Waals surface area contributed by atoms with Gasteiger partial charge >= 0.3 is 0 Å². The van der Waals surface area contributed by atoms with E-state index in [-0.39, 0.29) is 21.9 Å². The van der Waals surface area contributed by atoms with E-state index < -0.39 is 15.8 Å². The van der Waals surface area contributed by atoms with E-state index in [1.54, 1.807) is 12.1 Å². The minimum absolute atomic E-state index is 0.0416. The van der Waals surface area contributed by atoms with Gasteiger partial charge in [0.2, 0.25) is 5.91 Å². The molecule has 7 nitrogen and oxygen atoms in total. The van der Waals surface area contributed by atoms with Crippen molar-refractivity contribution in [1.82, 2.24) is 9.97 Å². The van der Waals surface area contributed by atoms with Crippen LogP contribution in [0.4, 0.5) is 5.82 Å². The van der Waals surface area contributed by atoms with E-state index in [1.807, 2.05) is 0 Å². The topological polar surface area (TPSA) is 98.2 Å². The summed E-state index contributed by atoms with van der Waals surface area (Å²) in [6.45, 7) is 0.678. The van der Waals surface area contributed by atoms with Crippen LogP contribution >= 0.6 is 11.6 Å². The smallest absolute Gasteiger partial charge is 0.233 e. The molecule has 0 saturated carbocycles. The number of nitrogens with one attached hydrogen (secondary N) is 1. The van der Waals surface area contributed by atoms with E-state index in [1.165, 1.54) is 24.7 Å². The molecule has 150 valence electrons. The molecule has 0 bridgehead atoms. The van der Waals surface area contributed by atoms with Crippen LogP contribution in [0.3, 0.4) is 0 Å². The standard InChI is InChI=1S/C19H22ClN3O4S/c1-28(25,26)17-6-5-13(10-16(17)20)15(11-14-4-2-3-9-27-14)19(24)23-18-12-21-7-8-22-18/h5-8,10,12,14-15H,2-4,9,11H2,1H3,(H,22,23,24). The molecule has 1 aromatic carbocycles. The molecule has 28 heavy (non-hydrogen) atoms. The number of halogens is 1. The van der Waals surface area contributed by atoms with Crippen molar-refractivity contribution in [1.29, 1.82) is 0 Å². The van der Waals surface area contributed by atoms with Crippen molar-refractivity contribution in [2.75, 3.05) is 18.2 Å². The number of rotatable bonds is 6. The van der Waals surface area contributed by atoms with E-state index in [4.69, 9.17) is 16.3 Å². The third kappa shape index (κ3) is 5.27. The predicted molar refractivity (Wildman–Crippen MR) is 106 cm³/mol. The lowest BCUT2D eigenvalue weighted by molar-refractivity contribution is -0.118. The normalized spacial score (nSPS) is 18.4. The molecule has 0 radical (unpaired) electrons. The summed E-state index contributed by atoms with van der Waals surface area (Å²) in [5, 5.41) is 2.86. The Kier molecular flexibility index (Phi) is 6.64. The zero-order valence-corrected chi connectivity index (χ0v) is 17.0. The second-order valence-corrected chi connectivity index (χ2v) is 9.21. The monoisotopic (exact) mass is 423 g/mol. The zero-order valence-electron chi connectivity index (χ0n) is 15.5. The first-order valence-corrected chi connectivity index (χ1v) is 11.3. The van der Waals surface area contributed by atoms with Crippen molar-refractivity contribution in [3.05, 3.63) is 47.4 Å². The average Bonchev–Trinajstić information content (AvgIpc) is 2.66. The van der Waals surface area contributed by atoms with E-state index in [0.29, 0.717) is 24.4 Å². The highest BCUT2D eigenvalue weighted by Gasteiger charge is 2.28. The van der Waals surface area contributed by atoms with Gasteiger partial charge in [0.05, 0.1) is 28.1 Å². The quantitative estimate of drug-likeness (QED) is 0.765. The number of sulfone groups is 1. The van der Waals surface area contributed by atoms with Gasteiger partial charge in [-0.3, -0.25) is 9.78 Å². The zero-order chi connectivity index (χ0) is 20.1. The SMILES string of the molecule is CS(=O)(=O)c1ccc(C(CC2CCCCO2)C(=O)Nc2cnccn2)cc1Cl. The Morgan fingerprint density at radius 1 is 1.36 bits per heavy atom. The minimum atomic E-state index is -3.45. The molecule has 2 heterocycles. The molecule has 1 aliphatic heterocycles. The maximum Gasteiger partial charge on any atom is 0.233 e. The van der Waals surface area contributed by atoms with Crippen LogP contribution in [-0.2, 0) is 19.4 Å². The third-order valence-electron chi connectivity index (χ3n) is 4.66. The van der Waals surface area contributed by atoms with Gasteiger partial charge in [-0.05, 0) is 43.4 Å². The first-order chi connectivity index (χ1) is 13.3. The fourth-order valence-corrected chi connectivity index (χ4v) is 4.60. The van der Waals surface area contributed by atoms with Crippen molar-refractivity contribution < 1.29 is 17.9 Å². The van der Waals surface area contributed by atoms with Gasteiger partial charge in [0.15, 0.2) is 15.7 Å². The van der Waals surface area contributed by atoms with Crippen molar-refractivity contribution in [3.8, 4) is 0 Å². The summed E-state index contributed by atoms with van der Waals surface area (Å²) in [4.78, 5) is 21.0. The van der Waals surface area contributed by atoms with Crippen molar-refractivity contribution in [2.45, 2.75) is 42.6 Å². The number of carbonyl (C=O) groups is 1. The van der Waals surface area contributed by atoms with Crippen LogP contribution in [0.1, 0.15) is 37.2 Å². The number of amides is 1. The molecular weight excluding hydrogens is 402 g/mol. The van der Waals surface area contributed by atoms with Gasteiger partial charge in [0.25, 0.3) is 0 Å². The van der Waals surface area contributed by atoms with E-state index in [2.05, 4.69) is 15.3 Å². The van der Waals surface area contributed by atoms with Gasteiger partial charge in [0, 0.05) is 25.3 Å². The highest BCUT2D eigenvalue weighted by Crippen LogP contribution is 2.32. The Hall–Kier alpha value is -2.03. The number of carbonyl (C=O) groups excluding carboxylic acids is 1. The molecule has 1 N–H and O–H groups in total. The molecule has 1 aliphatic rings. The number of hydrogen-bond donors (Lipinski definition) is 1. The minimum Gasteiger partial charge on any atom is -0.378 e. The van der Waals surface area contributed by atoms with Crippen LogP contribution in [0.25, 0.3) is 0 Å². The summed E-state index contributed by atoms with van der Waals surface area (Å²) in [6.07, 6.45) is 8.95. The van der Waals surface area contributed by atoms with Crippen molar-refractivity contribution in [2.24, 2.45) is 0 Å². The number of benzene rings is 1. The molecule has 0 aliphatic carbocycles. The van der Waals surface area contributed by atoms with Gasteiger partial charge < -0.3 is 10.1 Å². The summed E-state index contributed by atoms with van der Waals surface area (Å²) in [5.74, 6) is -0.477. The lowest BCUT2D eigenvalue weighted by atomic mass is 9.90. The number of hydrogen-bond acceptors (Lipinski definition) is 6. The lowest BCUT2D eigenvalue weighted by Crippen LogP contribution is -2.28. The molecule has 2 atom stereocenters. The Bertz CT molecular complexity index is 931. The Labute approximate surface area is 169 Å². The second-order valence-electron chi connectivity index (χ2n) is 6.82. The lowest BCUT2D eigenvalue weighted by Gasteiger charge is -2.27. The molecule has 0 spiro atoms. The first-order valence-electron chi connectivity index (χ1n) is 9.02. The molecule has 1 aromatic heterocycles. The Morgan fingerprint density at radius 3 is 2.79 bits per heavy atom. The molecular formula is C19H22ClN3O4S. The van der Waals surface area contributed by atoms with Crippen LogP contribution in [-0.4, -0.2) is 43.3 Å². The van der Waals surface area contributed by atoms with E-state index >= 15 is 0 Å². The summed E-state index contributed by atoms with van der Waals surface area (Å²) in [5.41, 5.74) is 0.632. The molecule has 3 rings (SSSR count). The van der Waals surface area contributed by atoms with Gasteiger partial charge in [-0.15, -0.1) is 0 Å². The highest BCUT2D eigenvalue weighted by molar-refractivity contribution is 7.90. The van der Waals surface area contributed by atoms with Gasteiger partial charge in [-0.2, -0.15) is 0 Å². The second kappa shape index (κ2) is 8.98. The number of nitrogens with zero attached hydrogens (tertiary/aromatic N) is 2. The first kappa shape index (κ1) is 20.7. The summed E-state index contributed by atoms with van der Waals surface area (Å²) in [7, 11) is -3.45. The molecule has 1 amide bonds. The Balaban J connectivity index is 1.88. The highest BCUT2D eigenvalue weighted by atomic mass is 35.5. The Morgan fingerprint density at radius 2 is 2.18 bits per heavy atom. The maximum absolute atomic E-state index is 13.0. The van der Waals surface area contributed by atoms with Crippen molar-refractivity contribution >= 4 is 33.2 Å². The van der Waals surface area contributed by atoms with Crippen LogP contribution in [0, 0.1) is 0 Å². The largest absolute Gasteiger partial charge is 0.378 e. The van der Waals surface area contributed by atoms with E-state index in [0.717, 1.165) is 25.5 Å². The molecule has 2 unspecified atom stereocenters. The summed E-state index contributed by atoms with van der Waals surface area (Å²) in [6, 6.07) is 4.62. The molecule has 1 fully saturated rings. The fraction of sp³-hybridized carbons (Fsp3) is 0.421. The maximum atomic E-state index is 13.0. The van der Waals surface area contributed by atoms with Crippen LogP contribution < -0.4 is 5.32 Å². The van der Waals surface area contributed by atoms with Crippen LogP contribution in [0.15, 0.2) is 41.7 Å². The third-order valence-corrected chi connectivity index (χ3v) is 6.24. The number of ether oxygens (including phenoxy) is 1. The van der Waals surface area contributed by atoms with Gasteiger partial charge in [0.1, 0.15) is 0 Å². The molecule has 1 saturated heterocycles. The van der Waals surface area contributed by atoms with Crippen LogP contribution in [0.2, 0.25) is 5.02 Å². The van der Waals surface area contributed by atoms with Gasteiger partial charge in [-0.25, -0.2) is 13.4 Å². The van der Waals surface area contributed by atoms with Crippen molar-refractivity contribution in [3.63, 3.8) is 0 Å². The predicted octanol–water partition coefficient (Wildman–Crippen LogP) is 3.22. The van der Waals surface area contributed by atoms with Crippen LogP contribution in [0.5, 0.6) is 0 Å². The molecule has 2 aromatic rings. The number of aromatic nitrogens is 2. The fourth-order valence-electron chi connectivity index (χ4n) is 3.26. The molecule has 9 heteroatoms. The summed E-state index contributed by atoms with van der Waals surface area (Å²) < 4.78 is 29.5. The van der Waals surface area contributed by atoms with E-state index in [9.17, 15) is 13.2 Å². The average molecular weight is 424 g/mol. The number of anilines is 1. The van der Waals surface area contributed by atoms with Gasteiger partial charge in [-0.1, -0.05) is 17.7 Å².